The molecule has 0 aliphatic carbocycles. The predicted octanol–water partition coefficient (Wildman–Crippen LogP) is 5.07. The third-order valence-corrected chi connectivity index (χ3v) is 9.36. The molecule has 11 heteroatoms. The highest BCUT2D eigenvalue weighted by Crippen LogP contribution is 2.33. The summed E-state index contributed by atoms with van der Waals surface area (Å²) >= 11 is 0. The molecule has 0 radical (unpaired) electrons. The highest BCUT2D eigenvalue weighted by molar-refractivity contribution is 7.92. The Hall–Kier alpha value is -5.03. The number of hydrogen-bond acceptors (Lipinski definition) is 7. The van der Waals surface area contributed by atoms with E-state index in [2.05, 4.69) is 5.32 Å². The number of nitrogens with zero attached hydrogens (tertiary/aromatic N) is 2. The molecule has 1 unspecified atom stereocenters. The van der Waals surface area contributed by atoms with Gasteiger partial charge < -0.3 is 24.4 Å². The van der Waals surface area contributed by atoms with Crippen molar-refractivity contribution < 1.29 is 32.2 Å². The van der Waals surface area contributed by atoms with Gasteiger partial charge in [0.05, 0.1) is 31.9 Å². The first-order valence-electron chi connectivity index (χ1n) is 15.3. The van der Waals surface area contributed by atoms with Crippen molar-refractivity contribution in [1.29, 1.82) is 0 Å². The van der Waals surface area contributed by atoms with Crippen LogP contribution >= 0.6 is 0 Å². The summed E-state index contributed by atoms with van der Waals surface area (Å²) in [5.41, 5.74) is 1.73. The van der Waals surface area contributed by atoms with Crippen LogP contribution in [0.1, 0.15) is 24.5 Å². The maximum atomic E-state index is 14.6. The molecule has 4 aromatic carbocycles. The van der Waals surface area contributed by atoms with Gasteiger partial charge in [0.25, 0.3) is 10.0 Å². The second-order valence-electron chi connectivity index (χ2n) is 10.7. The molecule has 47 heavy (non-hydrogen) atoms. The van der Waals surface area contributed by atoms with Crippen molar-refractivity contribution >= 4 is 27.5 Å². The van der Waals surface area contributed by atoms with Gasteiger partial charge in [-0.15, -0.1) is 0 Å². The van der Waals surface area contributed by atoms with Crippen LogP contribution in [-0.2, 0) is 32.6 Å². The smallest absolute Gasteiger partial charge is 0.264 e. The van der Waals surface area contributed by atoms with Crippen LogP contribution in [0.3, 0.4) is 0 Å². The number of benzene rings is 4. The molecule has 4 rings (SSSR count). The molecule has 0 aromatic heterocycles. The number of sulfonamides is 1. The number of carbonyl (C=O) groups is 2. The molecular weight excluding hydrogens is 618 g/mol. The van der Waals surface area contributed by atoms with Gasteiger partial charge in [-0.1, -0.05) is 61.5 Å². The zero-order valence-corrected chi connectivity index (χ0v) is 27.9. The van der Waals surface area contributed by atoms with Gasteiger partial charge in [0.15, 0.2) is 0 Å². The van der Waals surface area contributed by atoms with Gasteiger partial charge in [0.1, 0.15) is 29.8 Å². The van der Waals surface area contributed by atoms with Gasteiger partial charge in [-0.05, 0) is 66.1 Å². The van der Waals surface area contributed by atoms with Crippen LogP contribution in [0.5, 0.6) is 17.2 Å². The molecule has 4 aromatic rings. The summed E-state index contributed by atoms with van der Waals surface area (Å²) in [5, 5.41) is 2.95. The fraction of sp³-hybridized carbons (Fsp3) is 0.278. The van der Waals surface area contributed by atoms with E-state index in [1.54, 1.807) is 49.6 Å². The van der Waals surface area contributed by atoms with E-state index in [4.69, 9.17) is 14.2 Å². The average Bonchev–Trinajstić information content (AvgIpc) is 3.11. The Balaban J connectivity index is 1.83. The highest BCUT2D eigenvalue weighted by Gasteiger charge is 2.35. The summed E-state index contributed by atoms with van der Waals surface area (Å²) in [6.07, 6.45) is 0.918. The molecule has 1 atom stereocenters. The van der Waals surface area contributed by atoms with Crippen LogP contribution in [0.2, 0.25) is 0 Å². The molecule has 0 fully saturated rings. The van der Waals surface area contributed by atoms with Crippen LogP contribution in [0.25, 0.3) is 0 Å². The van der Waals surface area contributed by atoms with Crippen molar-refractivity contribution in [2.24, 2.45) is 0 Å². The number of hydrogen-bond donors (Lipinski definition) is 1. The monoisotopic (exact) mass is 659 g/mol. The van der Waals surface area contributed by atoms with E-state index in [0.29, 0.717) is 30.0 Å². The Bertz CT molecular complexity index is 1730. The molecule has 0 saturated carbocycles. The Kier molecular flexibility index (Phi) is 12.2. The van der Waals surface area contributed by atoms with E-state index in [1.807, 2.05) is 43.3 Å². The van der Waals surface area contributed by atoms with Crippen molar-refractivity contribution in [2.45, 2.75) is 37.2 Å². The number of para-hydroxylation sites is 2. The lowest BCUT2D eigenvalue weighted by atomic mass is 10.0. The largest absolute Gasteiger partial charge is 0.497 e. The SMILES string of the molecule is CCCNC(=O)C(Cc1ccccc1)N(Cc1cccc(OC)c1)C(=O)CN(c1ccccc1OC)S(=O)(=O)c1ccc(OC)cc1. The number of methoxy groups -OCH3 is 3. The highest BCUT2D eigenvalue weighted by atomic mass is 32.2. The zero-order valence-electron chi connectivity index (χ0n) is 27.1. The summed E-state index contributed by atoms with van der Waals surface area (Å²) in [7, 11) is 0.157. The molecule has 0 heterocycles. The molecule has 1 N–H and O–H groups in total. The second kappa shape index (κ2) is 16.5. The lowest BCUT2D eigenvalue weighted by Crippen LogP contribution is -2.53. The minimum atomic E-state index is -4.31. The third kappa shape index (κ3) is 8.82. The fourth-order valence-corrected chi connectivity index (χ4v) is 6.54. The molecule has 0 bridgehead atoms. The van der Waals surface area contributed by atoms with Gasteiger partial charge in [0, 0.05) is 19.5 Å². The maximum absolute atomic E-state index is 14.6. The Labute approximate surface area is 276 Å². The van der Waals surface area contributed by atoms with Crippen LogP contribution in [-0.4, -0.2) is 65.6 Å². The summed E-state index contributed by atoms with van der Waals surface area (Å²) < 4.78 is 45.8. The third-order valence-electron chi connectivity index (χ3n) is 7.59. The van der Waals surface area contributed by atoms with Crippen LogP contribution in [0.15, 0.2) is 108 Å². The second-order valence-corrected chi connectivity index (χ2v) is 12.6. The van der Waals surface area contributed by atoms with E-state index in [1.165, 1.54) is 43.4 Å². The Morgan fingerprint density at radius 3 is 2.09 bits per heavy atom. The summed E-state index contributed by atoms with van der Waals surface area (Å²) in [6.45, 7) is 1.78. The van der Waals surface area contributed by atoms with Gasteiger partial charge in [-0.25, -0.2) is 8.42 Å². The number of carbonyl (C=O) groups excluding carboxylic acids is 2. The summed E-state index contributed by atoms with van der Waals surface area (Å²) in [4.78, 5) is 29.8. The fourth-order valence-electron chi connectivity index (χ4n) is 5.11. The number of ether oxygens (including phenoxy) is 3. The van der Waals surface area contributed by atoms with E-state index < -0.39 is 28.5 Å². The van der Waals surface area contributed by atoms with Gasteiger partial charge in [0.2, 0.25) is 11.8 Å². The molecule has 0 aliphatic heterocycles. The predicted molar refractivity (Wildman–Crippen MR) is 181 cm³/mol. The number of rotatable bonds is 16. The van der Waals surface area contributed by atoms with E-state index in [9.17, 15) is 18.0 Å². The minimum Gasteiger partial charge on any atom is -0.497 e. The molecule has 0 spiro atoms. The van der Waals surface area contributed by atoms with Crippen molar-refractivity contribution in [1.82, 2.24) is 10.2 Å². The number of nitrogens with one attached hydrogen (secondary N) is 1. The lowest BCUT2D eigenvalue weighted by molar-refractivity contribution is -0.140. The molecule has 2 amide bonds. The molecule has 248 valence electrons. The first-order valence-corrected chi connectivity index (χ1v) is 16.7. The van der Waals surface area contributed by atoms with E-state index in [-0.39, 0.29) is 35.2 Å². The first kappa shape index (κ1) is 34.8. The van der Waals surface area contributed by atoms with Crippen LogP contribution in [0.4, 0.5) is 5.69 Å². The van der Waals surface area contributed by atoms with Crippen molar-refractivity contribution in [2.75, 3.05) is 38.7 Å². The summed E-state index contributed by atoms with van der Waals surface area (Å²) in [5.74, 6) is 0.410. The van der Waals surface area contributed by atoms with Crippen LogP contribution in [0, 0.1) is 0 Å². The molecule has 0 aliphatic rings. The molecule has 10 nitrogen and oxygen atoms in total. The van der Waals surface area contributed by atoms with Gasteiger partial charge in [-0.3, -0.25) is 13.9 Å². The molecule has 0 saturated heterocycles. The van der Waals surface area contributed by atoms with Crippen LogP contribution < -0.4 is 23.8 Å². The average molecular weight is 660 g/mol. The Morgan fingerprint density at radius 1 is 0.766 bits per heavy atom. The van der Waals surface area contributed by atoms with Crippen molar-refractivity contribution in [3.8, 4) is 17.2 Å². The number of amides is 2. The zero-order chi connectivity index (χ0) is 33.8. The van der Waals surface area contributed by atoms with E-state index >= 15 is 0 Å². The lowest BCUT2D eigenvalue weighted by Gasteiger charge is -2.34. The Morgan fingerprint density at radius 2 is 1.43 bits per heavy atom. The summed E-state index contributed by atoms with van der Waals surface area (Å²) in [6, 6.07) is 28.2. The number of anilines is 1. The van der Waals surface area contributed by atoms with Gasteiger partial charge in [-0.2, -0.15) is 0 Å². The normalized spacial score (nSPS) is 11.7. The minimum absolute atomic E-state index is 0.0232. The molecular formula is C36H41N3O7S. The first-order chi connectivity index (χ1) is 22.7. The van der Waals surface area contributed by atoms with E-state index in [0.717, 1.165) is 9.87 Å². The van der Waals surface area contributed by atoms with Gasteiger partial charge >= 0.3 is 0 Å². The quantitative estimate of drug-likeness (QED) is 0.179. The van der Waals surface area contributed by atoms with Crippen molar-refractivity contribution in [3.05, 3.63) is 114 Å². The maximum Gasteiger partial charge on any atom is 0.264 e. The van der Waals surface area contributed by atoms with Crippen molar-refractivity contribution in [3.63, 3.8) is 0 Å². The standard InChI is InChI=1S/C36H41N3O7S/c1-5-22-37-36(41)33(24-27-12-7-6-8-13-27)38(25-28-14-11-15-30(23-28)45-3)35(40)26-39(32-16-9-10-17-34(32)46-4)47(42,43)31-20-18-29(44-2)19-21-31/h6-21,23,33H,5,22,24-26H2,1-4H3,(H,37,41). The topological polar surface area (TPSA) is 114 Å².